The van der Waals surface area contributed by atoms with Gasteiger partial charge in [-0.2, -0.15) is 0 Å². The Bertz CT molecular complexity index is 783. The fraction of sp³-hybridized carbons (Fsp3) is 0.526. The van der Waals surface area contributed by atoms with Crippen LogP contribution in [0.1, 0.15) is 39.2 Å². The highest BCUT2D eigenvalue weighted by molar-refractivity contribution is 6.24. The third-order valence-corrected chi connectivity index (χ3v) is 4.84. The average molecular weight is 360 g/mol. The van der Waals surface area contributed by atoms with E-state index in [1.54, 1.807) is 46.0 Å². The van der Waals surface area contributed by atoms with Gasteiger partial charge in [-0.15, -0.1) is 0 Å². The Hall–Kier alpha value is -2.57. The van der Waals surface area contributed by atoms with Crippen LogP contribution in [0.3, 0.4) is 0 Å². The van der Waals surface area contributed by atoms with E-state index in [0.717, 1.165) is 4.90 Å². The topological polar surface area (TPSA) is 76.2 Å². The van der Waals surface area contributed by atoms with Gasteiger partial charge >= 0.3 is 6.09 Å². The summed E-state index contributed by atoms with van der Waals surface area (Å²) in [6, 6.07) is 5.27. The van der Waals surface area contributed by atoms with Crippen LogP contribution in [0.25, 0.3) is 0 Å². The number of para-hydroxylation sites is 1. The van der Waals surface area contributed by atoms with E-state index in [4.69, 9.17) is 9.47 Å². The number of carbonyl (C=O) groups is 3. The summed E-state index contributed by atoms with van der Waals surface area (Å²) in [5, 5.41) is 0. The van der Waals surface area contributed by atoms with Gasteiger partial charge in [0.1, 0.15) is 11.4 Å². The maximum Gasteiger partial charge on any atom is 0.417 e. The van der Waals surface area contributed by atoms with Crippen molar-refractivity contribution in [1.29, 1.82) is 0 Å². The van der Waals surface area contributed by atoms with Crippen LogP contribution in [0.15, 0.2) is 18.2 Å². The molecule has 0 radical (unpaired) electrons. The molecular weight excluding hydrogens is 336 g/mol. The molecule has 1 atom stereocenters. The summed E-state index contributed by atoms with van der Waals surface area (Å²) >= 11 is 0. The molecule has 1 saturated heterocycles. The molecule has 7 nitrogen and oxygen atoms in total. The highest BCUT2D eigenvalue weighted by Gasteiger charge is 2.60. The van der Waals surface area contributed by atoms with Crippen LogP contribution in [0, 0.1) is 0 Å². The van der Waals surface area contributed by atoms with Crippen molar-refractivity contribution in [2.75, 3.05) is 25.6 Å². The molecule has 0 saturated carbocycles. The second-order valence-corrected chi connectivity index (χ2v) is 7.67. The van der Waals surface area contributed by atoms with Gasteiger partial charge in [0.2, 0.25) is 5.91 Å². The first-order chi connectivity index (χ1) is 12.1. The number of likely N-dealkylation sites (N-methyl/N-ethyl adjacent to an activating group) is 1. The van der Waals surface area contributed by atoms with Gasteiger partial charge in [-0.3, -0.25) is 9.59 Å². The highest BCUT2D eigenvalue weighted by atomic mass is 16.6. The second kappa shape index (κ2) is 6.00. The van der Waals surface area contributed by atoms with Crippen molar-refractivity contribution in [3.05, 3.63) is 23.8 Å². The van der Waals surface area contributed by atoms with E-state index in [0.29, 0.717) is 29.8 Å². The van der Waals surface area contributed by atoms with E-state index >= 15 is 0 Å². The number of ether oxygens (including phenoxy) is 2. The lowest BCUT2D eigenvalue weighted by Crippen LogP contribution is -2.58. The Balaban J connectivity index is 2.07. The number of hydrogen-bond donors (Lipinski definition) is 0. The summed E-state index contributed by atoms with van der Waals surface area (Å²) in [7, 11) is 3.15. The molecule has 0 N–H and O–H groups in total. The lowest BCUT2D eigenvalue weighted by Gasteiger charge is -2.37. The number of rotatable bonds is 1. The van der Waals surface area contributed by atoms with E-state index in [2.05, 4.69) is 0 Å². The molecule has 1 aromatic carbocycles. The number of carbonyl (C=O) groups excluding carboxylic acids is 3. The van der Waals surface area contributed by atoms with Gasteiger partial charge in [0, 0.05) is 19.2 Å². The van der Waals surface area contributed by atoms with Gasteiger partial charge < -0.3 is 14.4 Å². The van der Waals surface area contributed by atoms with E-state index in [9.17, 15) is 14.4 Å². The number of amides is 3. The molecule has 0 aromatic heterocycles. The van der Waals surface area contributed by atoms with Gasteiger partial charge in [-0.25, -0.2) is 9.69 Å². The third kappa shape index (κ3) is 2.53. The Morgan fingerprint density at radius 2 is 1.88 bits per heavy atom. The summed E-state index contributed by atoms with van der Waals surface area (Å²) < 4.78 is 10.7. The minimum absolute atomic E-state index is 0.242. The zero-order valence-corrected chi connectivity index (χ0v) is 15.8. The minimum Gasteiger partial charge on any atom is -0.495 e. The second-order valence-electron chi connectivity index (χ2n) is 7.67. The van der Waals surface area contributed by atoms with Crippen LogP contribution in [-0.4, -0.2) is 49.1 Å². The molecule has 26 heavy (non-hydrogen) atoms. The molecule has 1 spiro atoms. The molecule has 2 aliphatic heterocycles. The smallest absolute Gasteiger partial charge is 0.417 e. The van der Waals surface area contributed by atoms with Gasteiger partial charge in [-0.05, 0) is 39.7 Å². The molecule has 2 heterocycles. The highest BCUT2D eigenvalue weighted by Crippen LogP contribution is 2.50. The SMILES string of the molecule is COc1cccc2c1N(C)C(=O)C21CCCN(C(=O)OC(C)(C)C)C1=O. The fourth-order valence-corrected chi connectivity index (χ4v) is 3.76. The van der Waals surface area contributed by atoms with Crippen LogP contribution >= 0.6 is 0 Å². The molecule has 3 rings (SSSR count). The molecule has 0 bridgehead atoms. The van der Waals surface area contributed by atoms with Crippen LogP contribution < -0.4 is 9.64 Å². The summed E-state index contributed by atoms with van der Waals surface area (Å²) in [5.74, 6) is -0.338. The molecule has 140 valence electrons. The van der Waals surface area contributed by atoms with E-state index < -0.39 is 23.0 Å². The summed E-state index contributed by atoms with van der Waals surface area (Å²) in [5.41, 5.74) is -0.949. The van der Waals surface area contributed by atoms with E-state index in [1.807, 2.05) is 0 Å². The van der Waals surface area contributed by atoms with Gasteiger partial charge in [0.15, 0.2) is 5.41 Å². The van der Waals surface area contributed by atoms with Crippen molar-refractivity contribution in [1.82, 2.24) is 4.90 Å². The minimum atomic E-state index is -1.40. The number of methoxy groups -OCH3 is 1. The average Bonchev–Trinajstić information content (AvgIpc) is 2.78. The summed E-state index contributed by atoms with van der Waals surface area (Å²) in [6.45, 7) is 5.46. The van der Waals surface area contributed by atoms with Crippen molar-refractivity contribution in [2.45, 2.75) is 44.6 Å². The zero-order chi connectivity index (χ0) is 19.3. The predicted molar refractivity (Wildman–Crippen MR) is 95.3 cm³/mol. The Morgan fingerprint density at radius 1 is 1.19 bits per heavy atom. The van der Waals surface area contributed by atoms with Crippen LogP contribution in [0.2, 0.25) is 0 Å². The molecule has 1 fully saturated rings. The number of benzene rings is 1. The van der Waals surface area contributed by atoms with Gasteiger partial charge in [0.05, 0.1) is 12.8 Å². The predicted octanol–water partition coefficient (Wildman–Crippen LogP) is 2.47. The standard InChI is InChI=1S/C19H24N2O5/c1-18(2,3)26-17(24)21-11-7-10-19(16(21)23)12-8-6-9-13(25-5)14(12)20(4)15(19)22/h6,8-9H,7,10-11H2,1-5H3. The number of anilines is 1. The largest absolute Gasteiger partial charge is 0.495 e. The van der Waals surface area contributed by atoms with E-state index in [1.165, 1.54) is 12.0 Å². The summed E-state index contributed by atoms with van der Waals surface area (Å²) in [4.78, 5) is 41.5. The van der Waals surface area contributed by atoms with Crippen molar-refractivity contribution in [3.8, 4) is 5.75 Å². The normalized spacial score (nSPS) is 22.7. The molecule has 2 aliphatic rings. The van der Waals surface area contributed by atoms with Crippen molar-refractivity contribution in [2.24, 2.45) is 0 Å². The monoisotopic (exact) mass is 360 g/mol. The Labute approximate surface area is 152 Å². The number of imide groups is 1. The fourth-order valence-electron chi connectivity index (χ4n) is 3.76. The van der Waals surface area contributed by atoms with Crippen LogP contribution in [-0.2, 0) is 19.7 Å². The number of likely N-dealkylation sites (tertiary alicyclic amines) is 1. The van der Waals surface area contributed by atoms with Crippen LogP contribution in [0.4, 0.5) is 10.5 Å². The van der Waals surface area contributed by atoms with Crippen molar-refractivity contribution < 1.29 is 23.9 Å². The van der Waals surface area contributed by atoms with Crippen molar-refractivity contribution in [3.63, 3.8) is 0 Å². The quantitative estimate of drug-likeness (QED) is 0.719. The third-order valence-electron chi connectivity index (χ3n) is 4.84. The lowest BCUT2D eigenvalue weighted by molar-refractivity contribution is -0.145. The maximum absolute atomic E-state index is 13.3. The number of nitrogens with zero attached hydrogens (tertiary/aromatic N) is 2. The molecular formula is C19H24N2O5. The molecule has 0 aliphatic carbocycles. The maximum atomic E-state index is 13.3. The first kappa shape index (κ1) is 18.2. The Kier molecular flexibility index (Phi) is 4.21. The van der Waals surface area contributed by atoms with Gasteiger partial charge in [0.25, 0.3) is 5.91 Å². The van der Waals surface area contributed by atoms with Gasteiger partial charge in [-0.1, -0.05) is 12.1 Å². The summed E-state index contributed by atoms with van der Waals surface area (Å²) in [6.07, 6.45) is 0.170. The lowest BCUT2D eigenvalue weighted by atomic mass is 9.74. The zero-order valence-electron chi connectivity index (χ0n) is 15.8. The Morgan fingerprint density at radius 3 is 2.50 bits per heavy atom. The number of hydrogen-bond acceptors (Lipinski definition) is 5. The molecule has 3 amide bonds. The number of piperidine rings is 1. The van der Waals surface area contributed by atoms with Crippen molar-refractivity contribution >= 4 is 23.6 Å². The number of fused-ring (bicyclic) bond motifs is 2. The molecule has 1 aromatic rings. The molecule has 1 unspecified atom stereocenters. The van der Waals surface area contributed by atoms with Crippen LogP contribution in [0.5, 0.6) is 5.75 Å². The first-order valence-corrected chi connectivity index (χ1v) is 8.64. The van der Waals surface area contributed by atoms with E-state index in [-0.39, 0.29) is 12.5 Å². The first-order valence-electron chi connectivity index (χ1n) is 8.64. The molecule has 7 heteroatoms.